The van der Waals surface area contributed by atoms with Crippen molar-refractivity contribution in [2.75, 3.05) is 0 Å². The summed E-state index contributed by atoms with van der Waals surface area (Å²) in [6, 6.07) is 7.21. The van der Waals surface area contributed by atoms with Crippen molar-refractivity contribution in [2.24, 2.45) is 0 Å². The van der Waals surface area contributed by atoms with Gasteiger partial charge in [-0.25, -0.2) is 9.48 Å². The Morgan fingerprint density at radius 1 is 1.35 bits per heavy atom. The third kappa shape index (κ3) is 1.71. The van der Waals surface area contributed by atoms with Gasteiger partial charge in [0.1, 0.15) is 6.33 Å². The van der Waals surface area contributed by atoms with E-state index in [-0.39, 0.29) is 0 Å². The molecule has 0 atom stereocenters. The van der Waals surface area contributed by atoms with E-state index in [0.29, 0.717) is 11.4 Å². The highest BCUT2D eigenvalue weighted by Gasteiger charge is 2.06. The van der Waals surface area contributed by atoms with E-state index >= 15 is 0 Å². The Balaban J connectivity index is 2.08. The average Bonchev–Trinajstić information content (AvgIpc) is 3.00. The van der Waals surface area contributed by atoms with Crippen LogP contribution in [0, 0.1) is 0 Å². The minimum atomic E-state index is -0.590. The van der Waals surface area contributed by atoms with Crippen molar-refractivity contribution in [1.29, 1.82) is 0 Å². The normalized spacial score (nSPS) is 10.6. The lowest BCUT2D eigenvalue weighted by atomic mass is 10.2. The monoisotopic (exact) mass is 230 g/mol. The summed E-state index contributed by atoms with van der Waals surface area (Å²) < 4.78 is 5.94. The molecule has 0 aliphatic heterocycles. The van der Waals surface area contributed by atoms with Crippen molar-refractivity contribution >= 4 is 0 Å². The second-order valence-electron chi connectivity index (χ2n) is 3.25. The van der Waals surface area contributed by atoms with Gasteiger partial charge in [-0.2, -0.15) is 0 Å². The summed E-state index contributed by atoms with van der Waals surface area (Å²) in [5.41, 5.74) is 1.47. The topological polar surface area (TPSA) is 102 Å². The number of tetrazole rings is 1. The predicted molar refractivity (Wildman–Crippen MR) is 55.3 cm³/mol. The fourth-order valence-electron chi connectivity index (χ4n) is 1.43. The van der Waals surface area contributed by atoms with E-state index in [0.717, 1.165) is 5.69 Å². The second-order valence-corrected chi connectivity index (χ2v) is 3.25. The van der Waals surface area contributed by atoms with E-state index in [4.69, 9.17) is 0 Å². The molecular formula is C9H6N6O2. The predicted octanol–water partition coefficient (Wildman–Crippen LogP) is 0.00560. The Hall–Kier alpha value is -2.77. The number of H-pyrrole nitrogens is 1. The van der Waals surface area contributed by atoms with Gasteiger partial charge in [0.05, 0.1) is 5.69 Å². The summed E-state index contributed by atoms with van der Waals surface area (Å²) in [6.07, 6.45) is 1.48. The van der Waals surface area contributed by atoms with Crippen LogP contribution in [0.25, 0.3) is 17.1 Å². The number of hydrogen-bond acceptors (Lipinski definition) is 6. The molecule has 3 aromatic rings. The van der Waals surface area contributed by atoms with Crippen LogP contribution < -0.4 is 5.76 Å². The van der Waals surface area contributed by atoms with Crippen LogP contribution in [-0.4, -0.2) is 30.3 Å². The lowest BCUT2D eigenvalue weighted by Gasteiger charge is -2.00. The molecule has 0 radical (unpaired) electrons. The van der Waals surface area contributed by atoms with E-state index in [9.17, 15) is 4.79 Å². The fourth-order valence-corrected chi connectivity index (χ4v) is 1.43. The molecule has 0 saturated heterocycles. The van der Waals surface area contributed by atoms with Gasteiger partial charge in [-0.3, -0.25) is 9.51 Å². The van der Waals surface area contributed by atoms with E-state index in [2.05, 4.69) is 30.2 Å². The van der Waals surface area contributed by atoms with Crippen molar-refractivity contribution in [3.63, 3.8) is 0 Å². The highest BCUT2D eigenvalue weighted by molar-refractivity contribution is 5.57. The van der Waals surface area contributed by atoms with Gasteiger partial charge >= 0.3 is 5.76 Å². The maximum atomic E-state index is 10.9. The lowest BCUT2D eigenvalue weighted by molar-refractivity contribution is 0.388. The number of aromatic amines is 1. The SMILES string of the molecule is O=c1[nH]c(-c2cccc(-n3cnnn3)c2)no1. The first-order valence-electron chi connectivity index (χ1n) is 4.73. The molecule has 0 saturated carbocycles. The maximum absolute atomic E-state index is 10.9. The van der Waals surface area contributed by atoms with E-state index in [1.54, 1.807) is 18.2 Å². The molecule has 0 unspecified atom stereocenters. The standard InChI is InChI=1S/C9H6N6O2/c16-9-11-8(12-17-9)6-2-1-3-7(4-6)15-5-10-13-14-15/h1-5H,(H,11,12,16). The van der Waals surface area contributed by atoms with Gasteiger partial charge < -0.3 is 0 Å². The Kier molecular flexibility index (Phi) is 2.04. The zero-order valence-electron chi connectivity index (χ0n) is 8.44. The molecule has 0 amide bonds. The van der Waals surface area contributed by atoms with Crippen LogP contribution in [0.4, 0.5) is 0 Å². The first-order valence-corrected chi connectivity index (χ1v) is 4.73. The number of nitrogens with one attached hydrogen (secondary N) is 1. The highest BCUT2D eigenvalue weighted by Crippen LogP contribution is 2.16. The first kappa shape index (κ1) is 9.46. The lowest BCUT2D eigenvalue weighted by Crippen LogP contribution is -1.97. The molecule has 3 rings (SSSR count). The summed E-state index contributed by atoms with van der Waals surface area (Å²) in [6.45, 7) is 0. The van der Waals surface area contributed by atoms with Gasteiger partial charge in [-0.05, 0) is 22.6 Å². The minimum Gasteiger partial charge on any atom is -0.296 e. The first-order chi connectivity index (χ1) is 8.33. The molecule has 17 heavy (non-hydrogen) atoms. The third-order valence-electron chi connectivity index (χ3n) is 2.17. The van der Waals surface area contributed by atoms with Crippen molar-refractivity contribution in [3.05, 3.63) is 41.1 Å². The number of hydrogen-bond donors (Lipinski definition) is 1. The van der Waals surface area contributed by atoms with Crippen LogP contribution in [0.1, 0.15) is 0 Å². The smallest absolute Gasteiger partial charge is 0.296 e. The number of aromatic nitrogens is 6. The Labute approximate surface area is 93.9 Å². The van der Waals surface area contributed by atoms with Gasteiger partial charge in [-0.15, -0.1) is 5.10 Å². The van der Waals surface area contributed by atoms with Crippen LogP contribution in [0.5, 0.6) is 0 Å². The van der Waals surface area contributed by atoms with Crippen molar-refractivity contribution in [3.8, 4) is 17.1 Å². The average molecular weight is 230 g/mol. The molecule has 84 valence electrons. The molecule has 8 heteroatoms. The van der Waals surface area contributed by atoms with Crippen molar-refractivity contribution < 1.29 is 4.52 Å². The van der Waals surface area contributed by atoms with Crippen LogP contribution in [0.3, 0.4) is 0 Å². The molecule has 0 fully saturated rings. The second kappa shape index (κ2) is 3.67. The molecule has 0 aliphatic carbocycles. The van der Waals surface area contributed by atoms with Crippen LogP contribution in [0.15, 0.2) is 39.9 Å². The van der Waals surface area contributed by atoms with Crippen molar-refractivity contribution in [1.82, 2.24) is 30.3 Å². The molecule has 2 aromatic heterocycles. The quantitative estimate of drug-likeness (QED) is 0.665. The van der Waals surface area contributed by atoms with Crippen LogP contribution in [-0.2, 0) is 0 Å². The number of nitrogens with zero attached hydrogens (tertiary/aromatic N) is 5. The van der Waals surface area contributed by atoms with Crippen LogP contribution >= 0.6 is 0 Å². The molecule has 0 spiro atoms. The van der Waals surface area contributed by atoms with Gasteiger partial charge in [0, 0.05) is 5.56 Å². The summed E-state index contributed by atoms with van der Waals surface area (Å²) in [7, 11) is 0. The zero-order chi connectivity index (χ0) is 11.7. The zero-order valence-corrected chi connectivity index (χ0v) is 8.44. The van der Waals surface area contributed by atoms with Crippen LogP contribution in [0.2, 0.25) is 0 Å². The maximum Gasteiger partial charge on any atom is 0.439 e. The molecule has 0 bridgehead atoms. The highest BCUT2D eigenvalue weighted by atomic mass is 16.5. The molecule has 2 heterocycles. The van der Waals surface area contributed by atoms with Crippen molar-refractivity contribution in [2.45, 2.75) is 0 Å². The Morgan fingerprint density at radius 3 is 3.00 bits per heavy atom. The fraction of sp³-hybridized carbons (Fsp3) is 0. The summed E-state index contributed by atoms with van der Waals surface area (Å²) >= 11 is 0. The van der Waals surface area contributed by atoms with Gasteiger partial charge in [0.25, 0.3) is 0 Å². The van der Waals surface area contributed by atoms with Gasteiger partial charge in [0.15, 0.2) is 5.82 Å². The van der Waals surface area contributed by atoms with E-state index in [1.165, 1.54) is 11.0 Å². The molecular weight excluding hydrogens is 224 g/mol. The Morgan fingerprint density at radius 2 is 2.29 bits per heavy atom. The Bertz CT molecular complexity index is 683. The summed E-state index contributed by atoms with van der Waals surface area (Å²) in [5.74, 6) is -0.224. The minimum absolute atomic E-state index is 0.366. The summed E-state index contributed by atoms with van der Waals surface area (Å²) in [4.78, 5) is 13.3. The van der Waals surface area contributed by atoms with Gasteiger partial charge in [0.2, 0.25) is 0 Å². The summed E-state index contributed by atoms with van der Waals surface area (Å²) in [5, 5.41) is 14.5. The number of benzene rings is 1. The molecule has 8 nitrogen and oxygen atoms in total. The largest absolute Gasteiger partial charge is 0.439 e. The molecule has 0 aliphatic rings. The van der Waals surface area contributed by atoms with Gasteiger partial charge in [-0.1, -0.05) is 17.3 Å². The van der Waals surface area contributed by atoms with E-state index < -0.39 is 5.76 Å². The molecule has 1 aromatic carbocycles. The van der Waals surface area contributed by atoms with E-state index in [1.807, 2.05) is 6.07 Å². The molecule has 1 N–H and O–H groups in total. The third-order valence-corrected chi connectivity index (χ3v) is 2.17. The number of rotatable bonds is 2.